The van der Waals surface area contributed by atoms with E-state index in [4.69, 9.17) is 14.2 Å². The summed E-state index contributed by atoms with van der Waals surface area (Å²) in [4.78, 5) is 40.3. The minimum atomic E-state index is -1.16. The number of rotatable bonds is 7. The highest BCUT2D eigenvalue weighted by Gasteiger charge is 2.22. The summed E-state index contributed by atoms with van der Waals surface area (Å²) < 4.78 is 16.2. The Morgan fingerprint density at radius 3 is 2.05 bits per heavy atom. The van der Waals surface area contributed by atoms with Crippen LogP contribution in [0.5, 0.6) is 17.2 Å². The number of carbonyl (C=O) groups is 3. The largest absolute Gasteiger partial charge is 0.492 e. The van der Waals surface area contributed by atoms with Crippen molar-refractivity contribution in [1.29, 1.82) is 0 Å². The lowest BCUT2D eigenvalue weighted by Crippen LogP contribution is -2.22. The Kier molecular flexibility index (Phi) is 10.5. The molecule has 0 fully saturated rings. The minimum Gasteiger partial charge on any atom is -0.492 e. The van der Waals surface area contributed by atoms with Crippen molar-refractivity contribution in [2.75, 3.05) is 30.2 Å². The monoisotopic (exact) mass is 588 g/mol. The molecule has 43 heavy (non-hydrogen) atoms. The third-order valence-electron chi connectivity index (χ3n) is 6.14. The second-order valence-corrected chi connectivity index (χ2v) is 9.99. The van der Waals surface area contributed by atoms with Crippen LogP contribution in [0.3, 0.4) is 0 Å². The van der Waals surface area contributed by atoms with Crippen LogP contribution in [0.1, 0.15) is 50.7 Å². The van der Waals surface area contributed by atoms with Gasteiger partial charge in [-0.15, -0.1) is 0 Å². The van der Waals surface area contributed by atoms with E-state index in [1.807, 2.05) is 58.9 Å². The molecule has 0 saturated carbocycles. The van der Waals surface area contributed by atoms with E-state index in [0.717, 1.165) is 5.56 Å². The summed E-state index contributed by atoms with van der Waals surface area (Å²) in [5, 5.41) is 18.9. The first-order valence-electron chi connectivity index (χ1n) is 13.5. The number of hydrogen-bond donors (Lipinski definition) is 4. The smallest absolute Gasteiger partial charge is 0.411 e. The van der Waals surface area contributed by atoms with Gasteiger partial charge in [0.05, 0.1) is 31.3 Å². The van der Waals surface area contributed by atoms with E-state index in [9.17, 15) is 19.5 Å². The summed E-state index contributed by atoms with van der Waals surface area (Å²) in [6.07, 6.45) is 0.681. The molecule has 3 aromatic carbocycles. The number of carboxylic acids is 1. The van der Waals surface area contributed by atoms with E-state index in [0.29, 0.717) is 39.3 Å². The highest BCUT2D eigenvalue weighted by Crippen LogP contribution is 2.39. The molecule has 0 saturated heterocycles. The fourth-order valence-electron chi connectivity index (χ4n) is 4.09. The molecule has 3 amide bonds. The molecule has 11 heteroatoms. The van der Waals surface area contributed by atoms with Crippen molar-refractivity contribution >= 4 is 45.9 Å². The summed E-state index contributed by atoms with van der Waals surface area (Å²) in [6.45, 7) is 10.0. The Morgan fingerprint density at radius 2 is 1.44 bits per heavy atom. The van der Waals surface area contributed by atoms with Gasteiger partial charge in [-0.1, -0.05) is 58.9 Å². The van der Waals surface area contributed by atoms with Crippen molar-refractivity contribution < 1.29 is 33.7 Å². The Labute approximate surface area is 250 Å². The molecule has 0 unspecified atom stereocenters. The van der Waals surface area contributed by atoms with Crippen LogP contribution in [0.15, 0.2) is 66.9 Å². The Hall–Kier alpha value is -5.32. The van der Waals surface area contributed by atoms with Crippen LogP contribution >= 0.6 is 0 Å². The average Bonchev–Trinajstić information content (AvgIpc) is 2.99. The molecule has 1 aromatic heterocycles. The summed E-state index contributed by atoms with van der Waals surface area (Å²) in [7, 11) is 2.69. The highest BCUT2D eigenvalue weighted by molar-refractivity contribution is 6.08. The molecule has 0 aliphatic heterocycles. The fourth-order valence-corrected chi connectivity index (χ4v) is 4.09. The van der Waals surface area contributed by atoms with Crippen LogP contribution in [0.4, 0.5) is 26.7 Å². The highest BCUT2D eigenvalue weighted by atomic mass is 16.5. The number of aromatic carboxylic acids is 1. The lowest BCUT2D eigenvalue weighted by atomic mass is 9.86. The summed E-state index contributed by atoms with van der Waals surface area (Å²) in [5.74, 6) is -0.135. The lowest BCUT2D eigenvalue weighted by molar-refractivity contribution is 0.0690. The van der Waals surface area contributed by atoms with Gasteiger partial charge in [-0.25, -0.2) is 19.4 Å². The summed E-state index contributed by atoms with van der Waals surface area (Å²) in [5.41, 5.74) is 1.59. The zero-order chi connectivity index (χ0) is 31.7. The van der Waals surface area contributed by atoms with E-state index in [2.05, 4.69) is 20.9 Å². The van der Waals surface area contributed by atoms with E-state index in [1.165, 1.54) is 26.5 Å². The van der Waals surface area contributed by atoms with Gasteiger partial charge in [0.1, 0.15) is 11.5 Å². The van der Waals surface area contributed by atoms with Crippen LogP contribution in [0.2, 0.25) is 0 Å². The van der Waals surface area contributed by atoms with Gasteiger partial charge in [-0.2, -0.15) is 0 Å². The molecule has 0 spiro atoms. The van der Waals surface area contributed by atoms with Crippen LogP contribution in [0, 0.1) is 0 Å². The second-order valence-electron chi connectivity index (χ2n) is 9.99. The number of carbonyl (C=O) groups excluding carboxylic acids is 2. The van der Waals surface area contributed by atoms with Crippen molar-refractivity contribution in [1.82, 2.24) is 4.98 Å². The number of amides is 3. The molecule has 0 radical (unpaired) electrons. The number of anilines is 3. The first-order valence-corrected chi connectivity index (χ1v) is 13.5. The maximum atomic E-state index is 13.2. The molecule has 4 aromatic rings. The van der Waals surface area contributed by atoms with E-state index in [1.54, 1.807) is 30.3 Å². The van der Waals surface area contributed by atoms with Gasteiger partial charge in [-0.3, -0.25) is 5.32 Å². The molecule has 4 rings (SSSR count). The average molecular weight is 589 g/mol. The number of hydrogen-bond acceptors (Lipinski definition) is 7. The van der Waals surface area contributed by atoms with Crippen LogP contribution in [0.25, 0.3) is 10.8 Å². The van der Waals surface area contributed by atoms with E-state index >= 15 is 0 Å². The van der Waals surface area contributed by atoms with Gasteiger partial charge < -0.3 is 30.0 Å². The predicted octanol–water partition coefficient (Wildman–Crippen LogP) is 7.88. The SMILES string of the molecule is CC.COC(=O)Nc1cc(C(C)(C)C)cc(NC(=O)Nc2ccc(Oc3ccnc(C(=O)O)c3)c3ccccc23)c1OC. The Bertz CT molecular complexity index is 1630. The maximum Gasteiger partial charge on any atom is 0.411 e. The molecule has 226 valence electrons. The molecule has 4 N–H and O–H groups in total. The number of methoxy groups -OCH3 is 2. The third-order valence-corrected chi connectivity index (χ3v) is 6.14. The van der Waals surface area contributed by atoms with Crippen molar-refractivity contribution in [3.8, 4) is 17.2 Å². The molecule has 1 heterocycles. The molecular weight excluding hydrogens is 552 g/mol. The predicted molar refractivity (Wildman–Crippen MR) is 167 cm³/mol. The quantitative estimate of drug-likeness (QED) is 0.170. The van der Waals surface area contributed by atoms with Gasteiger partial charge in [0.25, 0.3) is 0 Å². The zero-order valence-corrected chi connectivity index (χ0v) is 25.2. The van der Waals surface area contributed by atoms with Crippen molar-refractivity contribution in [3.05, 3.63) is 78.1 Å². The standard InChI is InChI=1S/C30H30N4O7.C2H6/c1-30(2,3)17-14-22(26(39-4)23(15-17)34-29(38)40-5)33-28(37)32-21-10-11-25(20-9-7-6-8-19(20)21)41-18-12-13-31-24(16-18)27(35)36;1-2/h6-16H,1-5H3,(H,34,38)(H,35,36)(H2,32,33,37);1-2H3. The van der Waals surface area contributed by atoms with Crippen molar-refractivity contribution in [2.24, 2.45) is 0 Å². The van der Waals surface area contributed by atoms with Crippen molar-refractivity contribution in [2.45, 2.75) is 40.0 Å². The topological polar surface area (TPSA) is 148 Å². The third kappa shape index (κ3) is 7.91. The minimum absolute atomic E-state index is 0.141. The van der Waals surface area contributed by atoms with Gasteiger partial charge in [0.15, 0.2) is 11.4 Å². The summed E-state index contributed by atoms with van der Waals surface area (Å²) in [6, 6.07) is 16.6. The van der Waals surface area contributed by atoms with Gasteiger partial charge in [0.2, 0.25) is 0 Å². The number of nitrogens with one attached hydrogen (secondary N) is 3. The summed E-state index contributed by atoms with van der Waals surface area (Å²) >= 11 is 0. The number of urea groups is 1. The molecule has 0 bridgehead atoms. The van der Waals surface area contributed by atoms with Crippen LogP contribution in [-0.4, -0.2) is 42.4 Å². The first kappa shape index (κ1) is 32.2. The second kappa shape index (κ2) is 14.0. The molecule has 11 nitrogen and oxygen atoms in total. The number of nitrogens with zero attached hydrogens (tertiary/aromatic N) is 1. The lowest BCUT2D eigenvalue weighted by Gasteiger charge is -2.24. The zero-order valence-electron chi connectivity index (χ0n) is 25.2. The number of aromatic nitrogens is 1. The Balaban J connectivity index is 0.00000248. The van der Waals surface area contributed by atoms with E-state index in [-0.39, 0.29) is 16.9 Å². The van der Waals surface area contributed by atoms with Gasteiger partial charge in [0, 0.05) is 23.0 Å². The molecule has 0 atom stereocenters. The number of carboxylic acid groups (broad SMARTS) is 1. The van der Waals surface area contributed by atoms with E-state index < -0.39 is 18.1 Å². The fraction of sp³-hybridized carbons (Fsp3) is 0.250. The Morgan fingerprint density at radius 1 is 0.814 bits per heavy atom. The van der Waals surface area contributed by atoms with Crippen molar-refractivity contribution in [3.63, 3.8) is 0 Å². The van der Waals surface area contributed by atoms with Gasteiger partial charge in [-0.05, 0) is 41.3 Å². The molecular formula is C32H36N4O7. The number of fused-ring (bicyclic) bond motifs is 1. The van der Waals surface area contributed by atoms with Gasteiger partial charge >= 0.3 is 18.1 Å². The van der Waals surface area contributed by atoms with Crippen LogP contribution < -0.4 is 25.4 Å². The number of ether oxygens (including phenoxy) is 3. The molecule has 0 aliphatic rings. The van der Waals surface area contributed by atoms with Crippen LogP contribution in [-0.2, 0) is 10.2 Å². The number of pyridine rings is 1. The molecule has 0 aliphatic carbocycles. The first-order chi connectivity index (χ1) is 20.5. The number of benzene rings is 3. The normalized spacial score (nSPS) is 10.6. The maximum absolute atomic E-state index is 13.2.